The first-order valence-electron chi connectivity index (χ1n) is 9.15. The summed E-state index contributed by atoms with van der Waals surface area (Å²) in [6, 6.07) is 10.3. The molecule has 126 valence electrons. The Labute approximate surface area is 139 Å². The van der Waals surface area contributed by atoms with Crippen molar-refractivity contribution >= 4 is 5.91 Å². The summed E-state index contributed by atoms with van der Waals surface area (Å²) in [5.74, 6) is 0.764. The molecule has 3 nitrogen and oxygen atoms in total. The second kappa shape index (κ2) is 7.04. The third kappa shape index (κ3) is 3.30. The van der Waals surface area contributed by atoms with Crippen molar-refractivity contribution in [2.45, 2.75) is 57.5 Å². The molecule has 1 atom stereocenters. The molecule has 0 radical (unpaired) electrons. The molecule has 1 aromatic carbocycles. The second-order valence-electron chi connectivity index (χ2n) is 7.31. The van der Waals surface area contributed by atoms with E-state index in [1.54, 1.807) is 6.92 Å². The first-order chi connectivity index (χ1) is 11.1. The maximum Gasteiger partial charge on any atom is 0.219 e. The van der Waals surface area contributed by atoms with E-state index in [1.807, 2.05) is 23.1 Å². The van der Waals surface area contributed by atoms with Crippen LogP contribution in [-0.2, 0) is 10.4 Å². The normalized spacial score (nSPS) is 23.5. The van der Waals surface area contributed by atoms with Gasteiger partial charge >= 0.3 is 0 Å². The molecule has 2 aliphatic rings. The lowest BCUT2D eigenvalue weighted by Crippen LogP contribution is -2.49. The van der Waals surface area contributed by atoms with Crippen molar-refractivity contribution in [2.75, 3.05) is 13.1 Å². The molecule has 0 bridgehead atoms. The van der Waals surface area contributed by atoms with Gasteiger partial charge in [0.15, 0.2) is 0 Å². The van der Waals surface area contributed by atoms with Crippen molar-refractivity contribution in [3.05, 3.63) is 35.9 Å². The van der Waals surface area contributed by atoms with E-state index in [0.717, 1.165) is 44.3 Å². The number of likely N-dealkylation sites (tertiary alicyclic amines) is 1. The lowest BCUT2D eigenvalue weighted by molar-refractivity contribution is -0.136. The predicted octanol–water partition coefficient (Wildman–Crippen LogP) is 3.71. The van der Waals surface area contributed by atoms with Crippen LogP contribution in [0, 0.1) is 11.8 Å². The van der Waals surface area contributed by atoms with Gasteiger partial charge in [0.25, 0.3) is 0 Å². The van der Waals surface area contributed by atoms with Crippen molar-refractivity contribution in [1.29, 1.82) is 0 Å². The van der Waals surface area contributed by atoms with E-state index in [0.29, 0.717) is 5.92 Å². The summed E-state index contributed by atoms with van der Waals surface area (Å²) < 4.78 is 0. The molecule has 1 N–H and O–H groups in total. The van der Waals surface area contributed by atoms with Crippen molar-refractivity contribution in [2.24, 2.45) is 11.8 Å². The summed E-state index contributed by atoms with van der Waals surface area (Å²) in [7, 11) is 0. The quantitative estimate of drug-likeness (QED) is 0.923. The first-order valence-corrected chi connectivity index (χ1v) is 9.15. The summed E-state index contributed by atoms with van der Waals surface area (Å²) in [5.41, 5.74) is 0.345. The summed E-state index contributed by atoms with van der Waals surface area (Å²) in [6.07, 6.45) is 7.81. The molecule has 1 heterocycles. The van der Waals surface area contributed by atoms with Gasteiger partial charge in [0, 0.05) is 20.0 Å². The number of piperidine rings is 1. The van der Waals surface area contributed by atoms with Gasteiger partial charge in [0.05, 0.1) is 5.60 Å². The maximum atomic E-state index is 11.9. The molecule has 23 heavy (non-hydrogen) atoms. The number of rotatable bonds is 3. The van der Waals surface area contributed by atoms with Crippen LogP contribution in [0.2, 0.25) is 0 Å². The zero-order valence-electron chi connectivity index (χ0n) is 14.2. The lowest BCUT2D eigenvalue weighted by atomic mass is 9.65. The standard InChI is InChI=1S/C20H29NO2/c1-16(22)21-14-12-19(13-15-21)20(23,17-8-4-2-5-9-17)18-10-6-3-7-11-18/h2,4-5,8-9,18-19,23H,3,6-7,10-15H2,1H3/t20-/m1/s1. The van der Waals surface area contributed by atoms with Crippen LogP contribution >= 0.6 is 0 Å². The van der Waals surface area contributed by atoms with Crippen molar-refractivity contribution in [1.82, 2.24) is 4.90 Å². The smallest absolute Gasteiger partial charge is 0.219 e. The average molecular weight is 315 g/mol. The van der Waals surface area contributed by atoms with E-state index in [9.17, 15) is 9.90 Å². The van der Waals surface area contributed by atoms with Gasteiger partial charge in [-0.15, -0.1) is 0 Å². The van der Waals surface area contributed by atoms with Crippen LogP contribution in [-0.4, -0.2) is 29.0 Å². The minimum absolute atomic E-state index is 0.157. The Morgan fingerprint density at radius 1 is 1.00 bits per heavy atom. The van der Waals surface area contributed by atoms with E-state index in [4.69, 9.17) is 0 Å². The fraction of sp³-hybridized carbons (Fsp3) is 0.650. The third-order valence-electron chi connectivity index (χ3n) is 6.03. The average Bonchev–Trinajstić information content (AvgIpc) is 2.62. The van der Waals surface area contributed by atoms with E-state index < -0.39 is 5.60 Å². The molecular weight excluding hydrogens is 286 g/mol. The fourth-order valence-electron chi connectivity index (χ4n) is 4.69. The number of carbonyl (C=O) groups excluding carboxylic acids is 1. The van der Waals surface area contributed by atoms with Crippen LogP contribution in [0.1, 0.15) is 57.4 Å². The molecule has 1 aliphatic carbocycles. The van der Waals surface area contributed by atoms with Crippen molar-refractivity contribution < 1.29 is 9.90 Å². The summed E-state index contributed by atoms with van der Waals surface area (Å²) in [6.45, 7) is 3.20. The van der Waals surface area contributed by atoms with Gasteiger partial charge < -0.3 is 10.0 Å². The van der Waals surface area contributed by atoms with E-state index in [1.165, 1.54) is 19.3 Å². The number of hydrogen-bond acceptors (Lipinski definition) is 2. The summed E-state index contributed by atoms with van der Waals surface area (Å²) >= 11 is 0. The summed E-state index contributed by atoms with van der Waals surface area (Å²) in [4.78, 5) is 13.5. The molecule has 1 saturated carbocycles. The molecule has 1 aliphatic heterocycles. The molecule has 0 aromatic heterocycles. The number of nitrogens with zero attached hydrogens (tertiary/aromatic N) is 1. The number of carbonyl (C=O) groups is 1. The Balaban J connectivity index is 1.85. The predicted molar refractivity (Wildman–Crippen MR) is 91.9 cm³/mol. The molecule has 1 saturated heterocycles. The van der Waals surface area contributed by atoms with Crippen molar-refractivity contribution in [3.8, 4) is 0 Å². The minimum Gasteiger partial charge on any atom is -0.385 e. The van der Waals surface area contributed by atoms with E-state index in [2.05, 4.69) is 12.1 Å². The Morgan fingerprint density at radius 2 is 1.57 bits per heavy atom. The highest BCUT2D eigenvalue weighted by molar-refractivity contribution is 5.73. The molecule has 1 amide bonds. The molecule has 3 rings (SSSR count). The number of amides is 1. The zero-order valence-corrected chi connectivity index (χ0v) is 14.2. The van der Waals surface area contributed by atoms with Gasteiger partial charge in [-0.05, 0) is 43.1 Å². The number of hydrogen-bond donors (Lipinski definition) is 1. The third-order valence-corrected chi connectivity index (χ3v) is 6.03. The van der Waals surface area contributed by atoms with Crippen LogP contribution in [0.4, 0.5) is 0 Å². The number of aliphatic hydroxyl groups is 1. The Hall–Kier alpha value is -1.35. The van der Waals surface area contributed by atoms with Crippen LogP contribution in [0.3, 0.4) is 0 Å². The SMILES string of the molecule is CC(=O)N1CCC([C@@](O)(c2ccccc2)C2CCCCC2)CC1. The van der Waals surface area contributed by atoms with Gasteiger partial charge in [-0.1, -0.05) is 49.6 Å². The van der Waals surface area contributed by atoms with Crippen LogP contribution in [0.25, 0.3) is 0 Å². The molecule has 2 fully saturated rings. The van der Waals surface area contributed by atoms with Crippen molar-refractivity contribution in [3.63, 3.8) is 0 Å². The lowest BCUT2D eigenvalue weighted by Gasteiger charge is -2.47. The zero-order chi connectivity index (χ0) is 16.3. The second-order valence-corrected chi connectivity index (χ2v) is 7.31. The Bertz CT molecular complexity index is 516. The molecule has 3 heteroatoms. The number of benzene rings is 1. The van der Waals surface area contributed by atoms with Gasteiger partial charge in [-0.25, -0.2) is 0 Å². The Morgan fingerprint density at radius 3 is 2.13 bits per heavy atom. The van der Waals surface area contributed by atoms with Gasteiger partial charge in [0.2, 0.25) is 5.91 Å². The molecule has 0 spiro atoms. The highest BCUT2D eigenvalue weighted by Crippen LogP contribution is 2.47. The first kappa shape index (κ1) is 16.5. The monoisotopic (exact) mass is 315 g/mol. The van der Waals surface area contributed by atoms with Crippen LogP contribution < -0.4 is 0 Å². The van der Waals surface area contributed by atoms with Crippen LogP contribution in [0.5, 0.6) is 0 Å². The van der Waals surface area contributed by atoms with Gasteiger partial charge in [-0.2, -0.15) is 0 Å². The van der Waals surface area contributed by atoms with Gasteiger partial charge in [-0.3, -0.25) is 4.79 Å². The van der Waals surface area contributed by atoms with E-state index >= 15 is 0 Å². The highest BCUT2D eigenvalue weighted by atomic mass is 16.3. The molecule has 0 unspecified atom stereocenters. The largest absolute Gasteiger partial charge is 0.385 e. The van der Waals surface area contributed by atoms with Crippen LogP contribution in [0.15, 0.2) is 30.3 Å². The molecule has 1 aromatic rings. The fourth-order valence-corrected chi connectivity index (χ4v) is 4.69. The molecular formula is C20H29NO2. The minimum atomic E-state index is -0.732. The summed E-state index contributed by atoms with van der Waals surface area (Å²) in [5, 5.41) is 11.9. The Kier molecular flexibility index (Phi) is 5.05. The van der Waals surface area contributed by atoms with Gasteiger partial charge in [0.1, 0.15) is 0 Å². The van der Waals surface area contributed by atoms with E-state index in [-0.39, 0.29) is 11.8 Å². The maximum absolute atomic E-state index is 11.9. The topological polar surface area (TPSA) is 40.5 Å². The highest BCUT2D eigenvalue weighted by Gasteiger charge is 2.46.